The number of fused-ring (bicyclic) bond motifs is 1. The summed E-state index contributed by atoms with van der Waals surface area (Å²) in [4.78, 5) is 19.3. The number of para-hydroxylation sites is 1. The van der Waals surface area contributed by atoms with Crippen LogP contribution < -0.4 is 4.74 Å². The van der Waals surface area contributed by atoms with Crippen LogP contribution in [0.4, 0.5) is 0 Å². The number of amides is 1. The van der Waals surface area contributed by atoms with Gasteiger partial charge < -0.3 is 14.2 Å². The van der Waals surface area contributed by atoms with Gasteiger partial charge in [0.25, 0.3) is 5.91 Å². The van der Waals surface area contributed by atoms with Gasteiger partial charge >= 0.3 is 0 Å². The van der Waals surface area contributed by atoms with Crippen molar-refractivity contribution in [2.24, 2.45) is 0 Å². The van der Waals surface area contributed by atoms with E-state index < -0.39 is 6.10 Å². The molecule has 1 saturated heterocycles. The first kappa shape index (κ1) is 15.2. The molecule has 126 valence electrons. The average Bonchev–Trinajstić information content (AvgIpc) is 3.30. The molecule has 2 aliphatic heterocycles. The summed E-state index contributed by atoms with van der Waals surface area (Å²) in [6, 6.07) is 7.72. The number of aromatic nitrogens is 2. The first-order valence-corrected chi connectivity index (χ1v) is 8.52. The summed E-state index contributed by atoms with van der Waals surface area (Å²) in [5.74, 6) is 2.25. The zero-order valence-corrected chi connectivity index (χ0v) is 13.9. The Balaban J connectivity index is 1.51. The zero-order chi connectivity index (χ0) is 16.7. The van der Waals surface area contributed by atoms with E-state index in [-0.39, 0.29) is 17.9 Å². The quantitative estimate of drug-likeness (QED) is 0.867. The molecule has 2 aromatic rings. The topological polar surface area (TPSA) is 68.5 Å². The van der Waals surface area contributed by atoms with E-state index in [2.05, 4.69) is 10.1 Å². The van der Waals surface area contributed by atoms with Gasteiger partial charge in [-0.25, -0.2) is 0 Å². The van der Waals surface area contributed by atoms with E-state index in [1.54, 1.807) is 0 Å². The van der Waals surface area contributed by atoms with Gasteiger partial charge in [0.2, 0.25) is 5.89 Å². The normalized spacial score (nSPS) is 22.7. The lowest BCUT2D eigenvalue weighted by Gasteiger charge is -2.25. The molecule has 0 bridgehead atoms. The molecule has 0 spiro atoms. The van der Waals surface area contributed by atoms with Crippen LogP contribution >= 0.6 is 0 Å². The summed E-state index contributed by atoms with van der Waals surface area (Å²) in [5.41, 5.74) is 1.09. The molecule has 4 rings (SSSR count). The van der Waals surface area contributed by atoms with Crippen molar-refractivity contribution in [3.8, 4) is 5.75 Å². The lowest BCUT2D eigenvalue weighted by atomic mass is 10.1. The summed E-state index contributed by atoms with van der Waals surface area (Å²) < 4.78 is 11.2. The van der Waals surface area contributed by atoms with Crippen molar-refractivity contribution in [1.29, 1.82) is 0 Å². The molecule has 6 heteroatoms. The second-order valence-corrected chi connectivity index (χ2v) is 6.75. The van der Waals surface area contributed by atoms with E-state index in [0.29, 0.717) is 24.7 Å². The van der Waals surface area contributed by atoms with Crippen LogP contribution in [0.2, 0.25) is 0 Å². The van der Waals surface area contributed by atoms with Gasteiger partial charge in [-0.2, -0.15) is 4.98 Å². The minimum absolute atomic E-state index is 0.0181. The number of ether oxygens (including phenoxy) is 1. The standard InChI is InChI=1S/C18H21N3O3/c1-11(2)17-19-16(20-24-17)13-7-5-9-21(13)18(22)15-10-12-6-3-4-8-14(12)23-15/h3-4,6,8,11,13,15H,5,7,9-10H2,1-2H3/t13-,15+/m1/s1. The molecule has 2 aliphatic rings. The molecule has 1 aromatic heterocycles. The van der Waals surface area contributed by atoms with Gasteiger partial charge in [-0.15, -0.1) is 0 Å². The molecule has 6 nitrogen and oxygen atoms in total. The Hall–Kier alpha value is -2.37. The zero-order valence-electron chi connectivity index (χ0n) is 13.9. The van der Waals surface area contributed by atoms with Gasteiger partial charge in [0, 0.05) is 18.9 Å². The molecular weight excluding hydrogens is 306 g/mol. The maximum absolute atomic E-state index is 13.0. The third kappa shape index (κ3) is 2.56. The van der Waals surface area contributed by atoms with Crippen molar-refractivity contribution < 1.29 is 14.1 Å². The Labute approximate surface area is 140 Å². The fourth-order valence-corrected chi connectivity index (χ4v) is 3.42. The minimum Gasteiger partial charge on any atom is -0.480 e. The molecular formula is C18H21N3O3. The molecule has 3 heterocycles. The molecule has 0 saturated carbocycles. The Bertz CT molecular complexity index is 730. The molecule has 0 N–H and O–H groups in total. The smallest absolute Gasteiger partial charge is 0.264 e. The Morgan fingerprint density at radius 3 is 2.92 bits per heavy atom. The van der Waals surface area contributed by atoms with Crippen LogP contribution in [0.25, 0.3) is 0 Å². The molecule has 1 fully saturated rings. The van der Waals surface area contributed by atoms with Crippen LogP contribution in [0.15, 0.2) is 28.8 Å². The van der Waals surface area contributed by atoms with Crippen molar-refractivity contribution in [1.82, 2.24) is 15.0 Å². The fraction of sp³-hybridized carbons (Fsp3) is 0.500. The van der Waals surface area contributed by atoms with Crippen LogP contribution in [0, 0.1) is 0 Å². The maximum Gasteiger partial charge on any atom is 0.264 e. The SMILES string of the molecule is CC(C)c1nc([C@H]2CCCN2C(=O)[C@@H]2Cc3ccccc3O2)no1. The van der Waals surface area contributed by atoms with Crippen LogP contribution in [0.1, 0.15) is 55.9 Å². The number of likely N-dealkylation sites (tertiary alicyclic amines) is 1. The Kier molecular flexibility index (Phi) is 3.75. The van der Waals surface area contributed by atoms with Gasteiger partial charge in [0.05, 0.1) is 6.04 Å². The van der Waals surface area contributed by atoms with Gasteiger partial charge in [-0.3, -0.25) is 4.79 Å². The molecule has 1 aromatic carbocycles. The van der Waals surface area contributed by atoms with Crippen LogP contribution in [0.5, 0.6) is 5.75 Å². The first-order chi connectivity index (χ1) is 11.6. The third-order valence-corrected chi connectivity index (χ3v) is 4.71. The van der Waals surface area contributed by atoms with E-state index in [4.69, 9.17) is 9.26 Å². The predicted molar refractivity (Wildman–Crippen MR) is 86.6 cm³/mol. The minimum atomic E-state index is -0.445. The van der Waals surface area contributed by atoms with E-state index in [9.17, 15) is 4.79 Å². The molecule has 2 atom stereocenters. The summed E-state index contributed by atoms with van der Waals surface area (Å²) in [7, 11) is 0. The van der Waals surface area contributed by atoms with Gasteiger partial charge in [0.1, 0.15) is 5.75 Å². The number of carbonyl (C=O) groups is 1. The molecule has 0 unspecified atom stereocenters. The molecule has 0 radical (unpaired) electrons. The van der Waals surface area contributed by atoms with Gasteiger partial charge in [-0.05, 0) is 24.5 Å². The van der Waals surface area contributed by atoms with E-state index >= 15 is 0 Å². The Morgan fingerprint density at radius 2 is 2.17 bits per heavy atom. The highest BCUT2D eigenvalue weighted by molar-refractivity contribution is 5.83. The predicted octanol–water partition coefficient (Wildman–Crippen LogP) is 2.86. The summed E-state index contributed by atoms with van der Waals surface area (Å²) in [5, 5.41) is 4.10. The van der Waals surface area contributed by atoms with Crippen molar-refractivity contribution in [3.63, 3.8) is 0 Å². The number of benzene rings is 1. The summed E-state index contributed by atoms with van der Waals surface area (Å²) >= 11 is 0. The molecule has 0 aliphatic carbocycles. The maximum atomic E-state index is 13.0. The number of carbonyl (C=O) groups excluding carboxylic acids is 1. The lowest BCUT2D eigenvalue weighted by molar-refractivity contribution is -0.139. The summed E-state index contributed by atoms with van der Waals surface area (Å²) in [6.45, 7) is 4.74. The van der Waals surface area contributed by atoms with E-state index in [0.717, 1.165) is 24.2 Å². The highest BCUT2D eigenvalue weighted by atomic mass is 16.5. The number of hydrogen-bond donors (Lipinski definition) is 0. The average molecular weight is 327 g/mol. The number of nitrogens with zero attached hydrogens (tertiary/aromatic N) is 3. The molecule has 24 heavy (non-hydrogen) atoms. The van der Waals surface area contributed by atoms with Crippen molar-refractivity contribution in [2.75, 3.05) is 6.54 Å². The largest absolute Gasteiger partial charge is 0.480 e. The number of rotatable bonds is 3. The van der Waals surface area contributed by atoms with Gasteiger partial charge in [0.15, 0.2) is 11.9 Å². The van der Waals surface area contributed by atoms with Gasteiger partial charge in [-0.1, -0.05) is 37.2 Å². The highest BCUT2D eigenvalue weighted by Crippen LogP contribution is 2.34. The molecule has 1 amide bonds. The second kappa shape index (κ2) is 5.92. The number of hydrogen-bond acceptors (Lipinski definition) is 5. The highest BCUT2D eigenvalue weighted by Gasteiger charge is 2.39. The Morgan fingerprint density at radius 1 is 1.33 bits per heavy atom. The lowest BCUT2D eigenvalue weighted by Crippen LogP contribution is -2.41. The van der Waals surface area contributed by atoms with Crippen LogP contribution in [0.3, 0.4) is 0 Å². The third-order valence-electron chi connectivity index (χ3n) is 4.71. The first-order valence-electron chi connectivity index (χ1n) is 8.52. The van der Waals surface area contributed by atoms with Crippen molar-refractivity contribution >= 4 is 5.91 Å². The van der Waals surface area contributed by atoms with Crippen molar-refractivity contribution in [2.45, 2.75) is 51.2 Å². The second-order valence-electron chi connectivity index (χ2n) is 6.75. The monoisotopic (exact) mass is 327 g/mol. The van der Waals surface area contributed by atoms with Crippen LogP contribution in [-0.4, -0.2) is 33.6 Å². The summed E-state index contributed by atoms with van der Waals surface area (Å²) in [6.07, 6.45) is 1.99. The van der Waals surface area contributed by atoms with Crippen LogP contribution in [-0.2, 0) is 11.2 Å². The van der Waals surface area contributed by atoms with E-state index in [1.165, 1.54) is 0 Å². The fourth-order valence-electron chi connectivity index (χ4n) is 3.42. The van der Waals surface area contributed by atoms with Crippen molar-refractivity contribution in [3.05, 3.63) is 41.5 Å². The van der Waals surface area contributed by atoms with E-state index in [1.807, 2.05) is 43.0 Å².